The molecule has 0 radical (unpaired) electrons. The predicted molar refractivity (Wildman–Crippen MR) is 71.0 cm³/mol. The Balaban J connectivity index is 2.02. The molecule has 0 saturated heterocycles. The molecule has 2 rings (SSSR count). The number of anilines is 2. The topological polar surface area (TPSA) is 53.0 Å². The zero-order valence-corrected chi connectivity index (χ0v) is 10.4. The van der Waals surface area contributed by atoms with Gasteiger partial charge in [0.25, 0.3) is 0 Å². The van der Waals surface area contributed by atoms with E-state index >= 15 is 0 Å². The Morgan fingerprint density at radius 2 is 2.24 bits per heavy atom. The van der Waals surface area contributed by atoms with Gasteiger partial charge in [0.2, 0.25) is 0 Å². The lowest BCUT2D eigenvalue weighted by atomic mass is 10.1. The van der Waals surface area contributed by atoms with Crippen LogP contribution in [0.1, 0.15) is 30.4 Å². The molecule has 3 heteroatoms. The second kappa shape index (κ2) is 5.09. The van der Waals surface area contributed by atoms with E-state index in [9.17, 15) is 0 Å². The van der Waals surface area contributed by atoms with E-state index < -0.39 is 0 Å². The quantitative estimate of drug-likeness (QED) is 0.638. The summed E-state index contributed by atoms with van der Waals surface area (Å²) in [5.41, 5.74) is 10.7. The van der Waals surface area contributed by atoms with E-state index in [0.29, 0.717) is 6.42 Å². The average molecular weight is 229 g/mol. The predicted octanol–water partition coefficient (Wildman–Crippen LogP) is 2.63. The molecule has 1 heterocycles. The van der Waals surface area contributed by atoms with Crippen LogP contribution in [-0.4, -0.2) is 13.1 Å². The van der Waals surface area contributed by atoms with Crippen molar-refractivity contribution in [3.63, 3.8) is 0 Å². The third-order valence-corrected chi connectivity index (χ3v) is 3.43. The third-order valence-electron chi connectivity index (χ3n) is 3.43. The summed E-state index contributed by atoms with van der Waals surface area (Å²) in [4.78, 5) is 2.39. The molecule has 2 N–H and O–H groups in total. The molecule has 1 aromatic rings. The Labute approximate surface area is 103 Å². The van der Waals surface area contributed by atoms with E-state index in [0.717, 1.165) is 38.0 Å². The van der Waals surface area contributed by atoms with E-state index in [2.05, 4.69) is 30.0 Å². The van der Waals surface area contributed by atoms with Gasteiger partial charge < -0.3 is 10.6 Å². The summed E-state index contributed by atoms with van der Waals surface area (Å²) in [6.45, 7) is 4.19. The van der Waals surface area contributed by atoms with Gasteiger partial charge in [0.1, 0.15) is 0 Å². The van der Waals surface area contributed by atoms with Crippen LogP contribution >= 0.6 is 0 Å². The van der Waals surface area contributed by atoms with Gasteiger partial charge >= 0.3 is 0 Å². The fourth-order valence-corrected chi connectivity index (χ4v) is 2.38. The normalized spacial score (nSPS) is 13.5. The van der Waals surface area contributed by atoms with Crippen molar-refractivity contribution < 1.29 is 0 Å². The minimum atomic E-state index is 0.663. The number of nitrogens with zero attached hydrogens (tertiary/aromatic N) is 2. The smallest absolute Gasteiger partial charge is 0.0621 e. The number of unbranched alkanes of at least 4 members (excludes halogenated alkanes) is 2. The van der Waals surface area contributed by atoms with Crippen LogP contribution in [0.3, 0.4) is 0 Å². The van der Waals surface area contributed by atoms with Crippen LogP contribution in [-0.2, 0) is 6.42 Å². The van der Waals surface area contributed by atoms with Gasteiger partial charge in [-0.05, 0) is 43.4 Å². The highest BCUT2D eigenvalue weighted by Gasteiger charge is 2.19. The highest BCUT2D eigenvalue weighted by Crippen LogP contribution is 2.32. The summed E-state index contributed by atoms with van der Waals surface area (Å²) in [5.74, 6) is 0. The number of rotatable bonds is 4. The molecule has 0 saturated carbocycles. The molecular formula is C14H19N3. The van der Waals surface area contributed by atoms with E-state index in [4.69, 9.17) is 11.0 Å². The molecule has 0 atom stereocenters. The van der Waals surface area contributed by atoms with Crippen molar-refractivity contribution in [2.45, 2.75) is 32.6 Å². The van der Waals surface area contributed by atoms with Gasteiger partial charge in [-0.1, -0.05) is 6.07 Å². The number of benzene rings is 1. The maximum absolute atomic E-state index is 8.50. The highest BCUT2D eigenvalue weighted by molar-refractivity contribution is 5.67. The molecule has 1 aliphatic heterocycles. The van der Waals surface area contributed by atoms with Crippen LogP contribution < -0.4 is 10.6 Å². The van der Waals surface area contributed by atoms with Crippen LogP contribution in [0, 0.1) is 18.3 Å². The minimum absolute atomic E-state index is 0.663. The standard InChI is InChI=1S/C14H19N3/c1-11-9-12-5-8-17(7-4-2-3-6-15)14(12)10-13(11)16/h9-10H,2-5,7-8,16H2,1H3. The Hall–Kier alpha value is -1.69. The number of hydrogen-bond donors (Lipinski definition) is 1. The molecule has 0 bridgehead atoms. The molecule has 0 amide bonds. The lowest BCUT2D eigenvalue weighted by molar-refractivity contribution is 0.711. The van der Waals surface area contributed by atoms with Crippen LogP contribution in [0.25, 0.3) is 0 Å². The molecule has 1 aliphatic rings. The zero-order valence-electron chi connectivity index (χ0n) is 10.4. The first-order valence-corrected chi connectivity index (χ1v) is 6.23. The number of hydrogen-bond acceptors (Lipinski definition) is 3. The number of nitrogens with two attached hydrogens (primary N) is 1. The second-order valence-electron chi connectivity index (χ2n) is 4.69. The van der Waals surface area contributed by atoms with Crippen LogP contribution in [0.2, 0.25) is 0 Å². The molecule has 17 heavy (non-hydrogen) atoms. The number of nitriles is 1. The van der Waals surface area contributed by atoms with Crippen molar-refractivity contribution in [2.75, 3.05) is 23.7 Å². The third kappa shape index (κ3) is 2.52. The largest absolute Gasteiger partial charge is 0.398 e. The summed E-state index contributed by atoms with van der Waals surface area (Å²) < 4.78 is 0. The average Bonchev–Trinajstić information content (AvgIpc) is 2.68. The molecule has 3 nitrogen and oxygen atoms in total. The lowest BCUT2D eigenvalue weighted by Crippen LogP contribution is -2.21. The lowest BCUT2D eigenvalue weighted by Gasteiger charge is -2.19. The van der Waals surface area contributed by atoms with Crippen molar-refractivity contribution in [3.8, 4) is 6.07 Å². The van der Waals surface area contributed by atoms with E-state index in [-0.39, 0.29) is 0 Å². The molecular weight excluding hydrogens is 210 g/mol. The summed E-state index contributed by atoms with van der Waals surface area (Å²) >= 11 is 0. The molecule has 0 fully saturated rings. The number of aryl methyl sites for hydroxylation is 1. The first-order valence-electron chi connectivity index (χ1n) is 6.23. The molecule has 90 valence electrons. The Kier molecular flexibility index (Phi) is 3.53. The van der Waals surface area contributed by atoms with Crippen molar-refractivity contribution in [1.82, 2.24) is 0 Å². The summed E-state index contributed by atoms with van der Waals surface area (Å²) in [5, 5.41) is 8.50. The number of nitrogen functional groups attached to an aromatic ring is 1. The summed E-state index contributed by atoms with van der Waals surface area (Å²) in [6, 6.07) is 6.50. The maximum Gasteiger partial charge on any atom is 0.0621 e. The van der Waals surface area contributed by atoms with Gasteiger partial charge in [0.15, 0.2) is 0 Å². The zero-order chi connectivity index (χ0) is 12.3. The van der Waals surface area contributed by atoms with Crippen molar-refractivity contribution >= 4 is 11.4 Å². The number of fused-ring (bicyclic) bond motifs is 1. The fourth-order valence-electron chi connectivity index (χ4n) is 2.38. The maximum atomic E-state index is 8.50. The molecule has 0 aliphatic carbocycles. The Morgan fingerprint density at radius 3 is 3.00 bits per heavy atom. The van der Waals surface area contributed by atoms with Gasteiger partial charge in [0, 0.05) is 30.9 Å². The highest BCUT2D eigenvalue weighted by atomic mass is 15.1. The van der Waals surface area contributed by atoms with E-state index in [1.54, 1.807) is 0 Å². The first-order chi connectivity index (χ1) is 8.22. The summed E-state index contributed by atoms with van der Waals surface area (Å²) in [6.07, 6.45) is 3.86. The van der Waals surface area contributed by atoms with Crippen LogP contribution in [0.4, 0.5) is 11.4 Å². The molecule has 0 unspecified atom stereocenters. The molecule has 0 aromatic heterocycles. The van der Waals surface area contributed by atoms with Crippen LogP contribution in [0.5, 0.6) is 0 Å². The van der Waals surface area contributed by atoms with E-state index in [1.165, 1.54) is 16.8 Å². The van der Waals surface area contributed by atoms with Gasteiger partial charge in [-0.2, -0.15) is 5.26 Å². The van der Waals surface area contributed by atoms with E-state index in [1.807, 2.05) is 0 Å². The SMILES string of the molecule is Cc1cc2c(cc1N)N(CCCCC#N)CC2. The Bertz CT molecular complexity index is 446. The molecule has 1 aromatic carbocycles. The summed E-state index contributed by atoms with van der Waals surface area (Å²) in [7, 11) is 0. The Morgan fingerprint density at radius 1 is 1.41 bits per heavy atom. The fraction of sp³-hybridized carbons (Fsp3) is 0.500. The molecule has 0 spiro atoms. The van der Waals surface area contributed by atoms with Crippen molar-refractivity contribution in [3.05, 3.63) is 23.3 Å². The van der Waals surface area contributed by atoms with Crippen LogP contribution in [0.15, 0.2) is 12.1 Å². The van der Waals surface area contributed by atoms with Gasteiger partial charge in [-0.15, -0.1) is 0 Å². The first kappa shape index (κ1) is 11.8. The van der Waals surface area contributed by atoms with Crippen molar-refractivity contribution in [1.29, 1.82) is 5.26 Å². The monoisotopic (exact) mass is 229 g/mol. The van der Waals surface area contributed by atoms with Gasteiger partial charge in [-0.25, -0.2) is 0 Å². The second-order valence-corrected chi connectivity index (χ2v) is 4.69. The minimum Gasteiger partial charge on any atom is -0.398 e. The van der Waals surface area contributed by atoms with Crippen molar-refractivity contribution in [2.24, 2.45) is 0 Å². The van der Waals surface area contributed by atoms with Gasteiger partial charge in [-0.3, -0.25) is 0 Å². The van der Waals surface area contributed by atoms with Gasteiger partial charge in [0.05, 0.1) is 6.07 Å².